The van der Waals surface area contributed by atoms with Gasteiger partial charge in [-0.1, -0.05) is 25.1 Å². The SMILES string of the molecule is CCc1cccc(C)c1C(C)=O. The number of hydrogen-bond acceptors (Lipinski definition) is 1. The fourth-order valence-corrected chi connectivity index (χ4v) is 1.53. The molecule has 0 bridgehead atoms. The lowest BCUT2D eigenvalue weighted by Crippen LogP contribution is -2.01. The molecule has 0 aliphatic rings. The molecule has 0 atom stereocenters. The van der Waals surface area contributed by atoms with Crippen LogP contribution in [0.2, 0.25) is 0 Å². The van der Waals surface area contributed by atoms with Gasteiger partial charge in [-0.2, -0.15) is 0 Å². The van der Waals surface area contributed by atoms with Crippen molar-refractivity contribution in [3.63, 3.8) is 0 Å². The van der Waals surface area contributed by atoms with E-state index in [1.807, 2.05) is 25.1 Å². The zero-order valence-corrected chi connectivity index (χ0v) is 7.85. The smallest absolute Gasteiger partial charge is 0.160 e. The molecule has 0 radical (unpaired) electrons. The highest BCUT2D eigenvalue weighted by Gasteiger charge is 2.07. The lowest BCUT2D eigenvalue weighted by molar-refractivity contribution is 0.101. The molecule has 1 aromatic rings. The summed E-state index contributed by atoms with van der Waals surface area (Å²) in [5.74, 6) is 0.171. The van der Waals surface area contributed by atoms with Gasteiger partial charge in [0.1, 0.15) is 0 Å². The van der Waals surface area contributed by atoms with E-state index < -0.39 is 0 Å². The van der Waals surface area contributed by atoms with E-state index in [-0.39, 0.29) is 5.78 Å². The number of ketones is 1. The molecule has 0 amide bonds. The van der Waals surface area contributed by atoms with Crippen molar-refractivity contribution >= 4 is 5.78 Å². The standard InChI is InChI=1S/C11H14O/c1-4-10-7-5-6-8(2)11(10)9(3)12/h5-7H,4H2,1-3H3. The van der Waals surface area contributed by atoms with Crippen molar-refractivity contribution in [2.24, 2.45) is 0 Å². The molecule has 64 valence electrons. The average Bonchev–Trinajstić information content (AvgIpc) is 2.03. The van der Waals surface area contributed by atoms with Gasteiger partial charge < -0.3 is 0 Å². The first-order valence-corrected chi connectivity index (χ1v) is 4.26. The van der Waals surface area contributed by atoms with Gasteiger partial charge >= 0.3 is 0 Å². The Morgan fingerprint density at radius 2 is 2.08 bits per heavy atom. The Balaban J connectivity index is 3.29. The number of rotatable bonds is 2. The second kappa shape index (κ2) is 3.53. The number of aryl methyl sites for hydroxylation is 2. The van der Waals surface area contributed by atoms with Gasteiger partial charge in [0.2, 0.25) is 0 Å². The molecule has 0 heterocycles. The number of carbonyl (C=O) groups excluding carboxylic acids is 1. The van der Waals surface area contributed by atoms with Crippen molar-refractivity contribution in [1.82, 2.24) is 0 Å². The molecule has 1 nitrogen and oxygen atoms in total. The molecule has 0 saturated carbocycles. The van der Waals surface area contributed by atoms with Crippen LogP contribution in [0.4, 0.5) is 0 Å². The van der Waals surface area contributed by atoms with Crippen LogP contribution in [-0.4, -0.2) is 5.78 Å². The molecule has 0 spiro atoms. The predicted octanol–water partition coefficient (Wildman–Crippen LogP) is 2.76. The zero-order chi connectivity index (χ0) is 9.14. The summed E-state index contributed by atoms with van der Waals surface area (Å²) in [7, 11) is 0. The van der Waals surface area contributed by atoms with Crippen molar-refractivity contribution in [1.29, 1.82) is 0 Å². The molecule has 12 heavy (non-hydrogen) atoms. The van der Waals surface area contributed by atoms with Gasteiger partial charge in [-0.05, 0) is 31.4 Å². The second-order valence-electron chi connectivity index (χ2n) is 3.02. The summed E-state index contributed by atoms with van der Waals surface area (Å²) in [6.07, 6.45) is 0.927. The summed E-state index contributed by atoms with van der Waals surface area (Å²) in [6.45, 7) is 5.68. The van der Waals surface area contributed by atoms with Crippen molar-refractivity contribution in [3.8, 4) is 0 Å². The molecule has 0 aliphatic carbocycles. The number of hydrogen-bond donors (Lipinski definition) is 0. The minimum Gasteiger partial charge on any atom is -0.294 e. The van der Waals surface area contributed by atoms with Crippen LogP contribution in [0.1, 0.15) is 35.3 Å². The lowest BCUT2D eigenvalue weighted by atomic mass is 9.97. The molecule has 0 fully saturated rings. The van der Waals surface area contributed by atoms with Gasteiger partial charge in [-0.15, -0.1) is 0 Å². The maximum absolute atomic E-state index is 11.2. The quantitative estimate of drug-likeness (QED) is 0.611. The van der Waals surface area contributed by atoms with Crippen LogP contribution in [0.5, 0.6) is 0 Å². The van der Waals surface area contributed by atoms with E-state index in [1.165, 1.54) is 0 Å². The Hall–Kier alpha value is -1.11. The summed E-state index contributed by atoms with van der Waals surface area (Å²) >= 11 is 0. The first-order chi connectivity index (χ1) is 5.66. The molecule has 0 unspecified atom stereocenters. The van der Waals surface area contributed by atoms with Gasteiger partial charge in [-0.25, -0.2) is 0 Å². The highest BCUT2D eigenvalue weighted by atomic mass is 16.1. The summed E-state index contributed by atoms with van der Waals surface area (Å²) in [4.78, 5) is 11.2. The van der Waals surface area contributed by atoms with Crippen LogP contribution in [-0.2, 0) is 6.42 Å². The second-order valence-corrected chi connectivity index (χ2v) is 3.02. The third-order valence-electron chi connectivity index (χ3n) is 2.09. The maximum atomic E-state index is 11.2. The average molecular weight is 162 g/mol. The van der Waals surface area contributed by atoms with Crippen molar-refractivity contribution in [2.45, 2.75) is 27.2 Å². The van der Waals surface area contributed by atoms with Gasteiger partial charge in [0, 0.05) is 5.56 Å². The van der Waals surface area contributed by atoms with Crippen LogP contribution in [0.25, 0.3) is 0 Å². The summed E-state index contributed by atoms with van der Waals surface area (Å²) < 4.78 is 0. The number of carbonyl (C=O) groups is 1. The van der Waals surface area contributed by atoms with Crippen LogP contribution in [0.3, 0.4) is 0 Å². The fourth-order valence-electron chi connectivity index (χ4n) is 1.53. The fraction of sp³-hybridized carbons (Fsp3) is 0.364. The molecule has 0 saturated heterocycles. The topological polar surface area (TPSA) is 17.1 Å². The van der Waals surface area contributed by atoms with Crippen molar-refractivity contribution < 1.29 is 4.79 Å². The third kappa shape index (κ3) is 1.55. The molecule has 0 N–H and O–H groups in total. The Labute approximate surface area is 73.4 Å². The van der Waals surface area contributed by atoms with Crippen LogP contribution in [0, 0.1) is 6.92 Å². The normalized spacial score (nSPS) is 9.92. The highest BCUT2D eigenvalue weighted by molar-refractivity contribution is 5.96. The monoisotopic (exact) mass is 162 g/mol. The lowest BCUT2D eigenvalue weighted by Gasteiger charge is -2.06. The van der Waals surface area contributed by atoms with Gasteiger partial charge in [-0.3, -0.25) is 4.79 Å². The maximum Gasteiger partial charge on any atom is 0.160 e. The zero-order valence-electron chi connectivity index (χ0n) is 7.85. The molecular formula is C11H14O. The molecular weight excluding hydrogens is 148 g/mol. The van der Waals surface area contributed by atoms with E-state index in [0.29, 0.717) is 0 Å². The summed E-state index contributed by atoms with van der Waals surface area (Å²) in [6, 6.07) is 6.00. The molecule has 1 aromatic carbocycles. The number of Topliss-reactive ketones (excluding diaryl/α,β-unsaturated/α-hetero) is 1. The molecule has 1 rings (SSSR count). The molecule has 0 aromatic heterocycles. The third-order valence-corrected chi connectivity index (χ3v) is 2.09. The minimum atomic E-state index is 0.171. The van der Waals surface area contributed by atoms with Gasteiger partial charge in [0.25, 0.3) is 0 Å². The van der Waals surface area contributed by atoms with E-state index in [2.05, 4.69) is 6.92 Å². The minimum absolute atomic E-state index is 0.171. The molecule has 0 aliphatic heterocycles. The summed E-state index contributed by atoms with van der Waals surface area (Å²) in [5, 5.41) is 0. The van der Waals surface area contributed by atoms with Gasteiger partial charge in [0.15, 0.2) is 5.78 Å². The van der Waals surface area contributed by atoms with Crippen LogP contribution < -0.4 is 0 Å². The van der Waals surface area contributed by atoms with E-state index in [1.54, 1.807) is 6.92 Å². The van der Waals surface area contributed by atoms with E-state index in [4.69, 9.17) is 0 Å². The van der Waals surface area contributed by atoms with Crippen molar-refractivity contribution in [2.75, 3.05) is 0 Å². The largest absolute Gasteiger partial charge is 0.294 e. The Kier molecular flexibility index (Phi) is 2.64. The predicted molar refractivity (Wildman–Crippen MR) is 50.6 cm³/mol. The van der Waals surface area contributed by atoms with Gasteiger partial charge in [0.05, 0.1) is 0 Å². The van der Waals surface area contributed by atoms with E-state index in [9.17, 15) is 4.79 Å². The summed E-state index contributed by atoms with van der Waals surface area (Å²) in [5.41, 5.74) is 3.14. The first kappa shape index (κ1) is 8.98. The van der Waals surface area contributed by atoms with E-state index in [0.717, 1.165) is 23.1 Å². The number of benzene rings is 1. The Morgan fingerprint density at radius 3 is 2.50 bits per heavy atom. The van der Waals surface area contributed by atoms with E-state index >= 15 is 0 Å². The van der Waals surface area contributed by atoms with Crippen LogP contribution in [0.15, 0.2) is 18.2 Å². The first-order valence-electron chi connectivity index (χ1n) is 4.26. The van der Waals surface area contributed by atoms with Crippen molar-refractivity contribution in [3.05, 3.63) is 34.9 Å². The van der Waals surface area contributed by atoms with Crippen LogP contribution >= 0.6 is 0 Å². The Morgan fingerprint density at radius 1 is 1.42 bits per heavy atom. The molecule has 1 heteroatoms. The highest BCUT2D eigenvalue weighted by Crippen LogP contribution is 2.15. The Bertz CT molecular complexity index is 300.